The molecule has 7 nitrogen and oxygen atoms in total. The number of nitrogens with zero attached hydrogens (tertiary/aromatic N) is 2. The molecular weight excluding hydrogens is 336 g/mol. The molecule has 0 atom stereocenters. The van der Waals surface area contributed by atoms with E-state index in [1.165, 1.54) is 28.0 Å². The summed E-state index contributed by atoms with van der Waals surface area (Å²) in [5, 5.41) is 9.04. The third-order valence-electron chi connectivity index (χ3n) is 4.15. The zero-order valence-corrected chi connectivity index (χ0v) is 15.3. The second kappa shape index (κ2) is 8.12. The van der Waals surface area contributed by atoms with Crippen molar-refractivity contribution in [2.24, 2.45) is 5.92 Å². The van der Waals surface area contributed by atoms with Crippen LogP contribution in [0.5, 0.6) is 0 Å². The minimum absolute atomic E-state index is 0.0977. The van der Waals surface area contributed by atoms with Crippen molar-refractivity contribution in [1.29, 1.82) is 0 Å². The third kappa shape index (κ3) is 4.09. The summed E-state index contributed by atoms with van der Waals surface area (Å²) in [6.45, 7) is 5.98. The number of amides is 3. The lowest BCUT2D eigenvalue weighted by Gasteiger charge is -2.23. The summed E-state index contributed by atoms with van der Waals surface area (Å²) < 4.78 is 0. The standard InChI is InChI=1S/C19H24N2O5/c1-4-5-8-21-18(25)14-7-6-13(9-15(14)19(21)26)17(24)20(10-12(2)3)11-16(22)23/h6-7,9,12H,4-5,8,10-11H2,1-3H3,(H,22,23). The van der Waals surface area contributed by atoms with E-state index in [9.17, 15) is 19.2 Å². The Kier molecular flexibility index (Phi) is 6.13. The SMILES string of the molecule is CCCCN1C(=O)c2ccc(C(=O)N(CC(=O)O)CC(C)C)cc2C1=O. The van der Waals surface area contributed by atoms with Crippen LogP contribution in [-0.2, 0) is 4.79 Å². The summed E-state index contributed by atoms with van der Waals surface area (Å²) in [7, 11) is 0. The fourth-order valence-corrected chi connectivity index (χ4v) is 2.95. The van der Waals surface area contributed by atoms with E-state index >= 15 is 0 Å². The van der Waals surface area contributed by atoms with Crippen LogP contribution < -0.4 is 0 Å². The van der Waals surface area contributed by atoms with Crippen LogP contribution in [0.1, 0.15) is 64.7 Å². The van der Waals surface area contributed by atoms with Gasteiger partial charge >= 0.3 is 5.97 Å². The van der Waals surface area contributed by atoms with Crippen LogP contribution in [-0.4, -0.2) is 58.2 Å². The highest BCUT2D eigenvalue weighted by Crippen LogP contribution is 2.25. The predicted molar refractivity (Wildman–Crippen MR) is 95.1 cm³/mol. The van der Waals surface area contributed by atoms with Crippen LogP contribution in [0.25, 0.3) is 0 Å². The number of fused-ring (bicyclic) bond motifs is 1. The van der Waals surface area contributed by atoms with Crippen molar-refractivity contribution in [2.75, 3.05) is 19.6 Å². The molecule has 7 heteroatoms. The molecule has 1 aliphatic heterocycles. The first-order valence-electron chi connectivity index (χ1n) is 8.77. The lowest BCUT2D eigenvalue weighted by molar-refractivity contribution is -0.137. The molecule has 0 spiro atoms. The van der Waals surface area contributed by atoms with Crippen LogP contribution >= 0.6 is 0 Å². The number of hydrogen-bond donors (Lipinski definition) is 1. The highest BCUT2D eigenvalue weighted by Gasteiger charge is 2.35. The molecule has 140 valence electrons. The molecule has 1 aromatic carbocycles. The van der Waals surface area contributed by atoms with Crippen LogP contribution in [0.4, 0.5) is 0 Å². The number of benzene rings is 1. The largest absolute Gasteiger partial charge is 0.480 e. The number of carbonyl (C=O) groups excluding carboxylic acids is 3. The topological polar surface area (TPSA) is 95.0 Å². The monoisotopic (exact) mass is 360 g/mol. The minimum Gasteiger partial charge on any atom is -0.480 e. The summed E-state index contributed by atoms with van der Waals surface area (Å²) in [5.74, 6) is -2.21. The summed E-state index contributed by atoms with van der Waals surface area (Å²) in [5.41, 5.74) is 0.706. The van der Waals surface area contributed by atoms with E-state index in [0.717, 1.165) is 12.8 Å². The van der Waals surface area contributed by atoms with Crippen molar-refractivity contribution in [3.8, 4) is 0 Å². The zero-order valence-electron chi connectivity index (χ0n) is 15.3. The number of aliphatic carboxylic acids is 1. The van der Waals surface area contributed by atoms with Gasteiger partial charge in [-0.3, -0.25) is 24.1 Å². The average molecular weight is 360 g/mol. The number of rotatable bonds is 8. The van der Waals surface area contributed by atoms with Gasteiger partial charge in [0.25, 0.3) is 17.7 Å². The molecule has 0 bridgehead atoms. The van der Waals surface area contributed by atoms with E-state index in [4.69, 9.17) is 5.11 Å². The summed E-state index contributed by atoms with van der Waals surface area (Å²) >= 11 is 0. The van der Waals surface area contributed by atoms with Crippen LogP contribution in [0, 0.1) is 5.92 Å². The van der Waals surface area contributed by atoms with Gasteiger partial charge in [0, 0.05) is 18.7 Å². The molecule has 0 aromatic heterocycles. The van der Waals surface area contributed by atoms with Gasteiger partial charge in [-0.25, -0.2) is 0 Å². The number of imide groups is 1. The Balaban J connectivity index is 2.29. The molecule has 0 saturated heterocycles. The highest BCUT2D eigenvalue weighted by molar-refractivity contribution is 6.22. The molecule has 0 unspecified atom stereocenters. The van der Waals surface area contributed by atoms with E-state index in [1.54, 1.807) is 0 Å². The molecule has 3 amide bonds. The van der Waals surface area contributed by atoms with Crippen molar-refractivity contribution in [3.05, 3.63) is 34.9 Å². The van der Waals surface area contributed by atoms with Gasteiger partial charge in [-0.15, -0.1) is 0 Å². The quantitative estimate of drug-likeness (QED) is 0.718. The van der Waals surface area contributed by atoms with Crippen LogP contribution in [0.2, 0.25) is 0 Å². The molecule has 0 radical (unpaired) electrons. The third-order valence-corrected chi connectivity index (χ3v) is 4.15. The number of hydrogen-bond acceptors (Lipinski definition) is 4. The number of carboxylic acid groups (broad SMARTS) is 1. The molecular formula is C19H24N2O5. The lowest BCUT2D eigenvalue weighted by atomic mass is 10.0. The first-order chi connectivity index (χ1) is 12.3. The van der Waals surface area contributed by atoms with E-state index < -0.39 is 24.3 Å². The van der Waals surface area contributed by atoms with Gasteiger partial charge in [-0.05, 0) is 30.5 Å². The molecule has 0 aliphatic carbocycles. The molecule has 1 heterocycles. The maximum atomic E-state index is 12.7. The maximum absolute atomic E-state index is 12.7. The Hall–Kier alpha value is -2.70. The van der Waals surface area contributed by atoms with Crippen LogP contribution in [0.15, 0.2) is 18.2 Å². The highest BCUT2D eigenvalue weighted by atomic mass is 16.4. The fourth-order valence-electron chi connectivity index (χ4n) is 2.95. The summed E-state index contributed by atoms with van der Waals surface area (Å²) in [6, 6.07) is 4.35. The average Bonchev–Trinajstić information content (AvgIpc) is 2.81. The Morgan fingerprint density at radius 2 is 1.81 bits per heavy atom. The number of carbonyl (C=O) groups is 4. The van der Waals surface area contributed by atoms with Crippen molar-refractivity contribution < 1.29 is 24.3 Å². The summed E-state index contributed by atoms with van der Waals surface area (Å²) in [6.07, 6.45) is 1.58. The molecule has 1 aliphatic rings. The zero-order chi connectivity index (χ0) is 19.4. The van der Waals surface area contributed by atoms with Gasteiger partial charge in [0.05, 0.1) is 11.1 Å². The Morgan fingerprint density at radius 1 is 1.15 bits per heavy atom. The van der Waals surface area contributed by atoms with E-state index in [-0.39, 0.29) is 35.1 Å². The van der Waals surface area contributed by atoms with Crippen LogP contribution in [0.3, 0.4) is 0 Å². The minimum atomic E-state index is -1.10. The van der Waals surface area contributed by atoms with Gasteiger partial charge in [-0.1, -0.05) is 27.2 Å². The van der Waals surface area contributed by atoms with Gasteiger partial charge in [0.15, 0.2) is 0 Å². The second-order valence-electron chi connectivity index (χ2n) is 6.85. The Labute approximate surface area is 152 Å². The van der Waals surface area contributed by atoms with Gasteiger partial charge in [-0.2, -0.15) is 0 Å². The van der Waals surface area contributed by atoms with E-state index in [1.807, 2.05) is 20.8 Å². The van der Waals surface area contributed by atoms with Crippen molar-refractivity contribution in [2.45, 2.75) is 33.6 Å². The number of carboxylic acids is 1. The van der Waals surface area contributed by atoms with Gasteiger partial charge < -0.3 is 10.0 Å². The fraction of sp³-hybridized carbons (Fsp3) is 0.474. The normalized spacial score (nSPS) is 13.3. The van der Waals surface area contributed by atoms with Gasteiger partial charge in [0.2, 0.25) is 0 Å². The molecule has 0 saturated carbocycles. The van der Waals surface area contributed by atoms with Crippen molar-refractivity contribution in [3.63, 3.8) is 0 Å². The first-order valence-corrected chi connectivity index (χ1v) is 8.77. The predicted octanol–water partition coefficient (Wildman–Crippen LogP) is 2.27. The van der Waals surface area contributed by atoms with E-state index in [2.05, 4.69) is 0 Å². The first kappa shape index (κ1) is 19.6. The smallest absolute Gasteiger partial charge is 0.323 e. The Morgan fingerprint density at radius 3 is 2.38 bits per heavy atom. The maximum Gasteiger partial charge on any atom is 0.323 e. The molecule has 26 heavy (non-hydrogen) atoms. The molecule has 1 N–H and O–H groups in total. The number of unbranched alkanes of at least 4 members (excludes halogenated alkanes) is 1. The second-order valence-corrected chi connectivity index (χ2v) is 6.85. The van der Waals surface area contributed by atoms with Gasteiger partial charge in [0.1, 0.15) is 6.54 Å². The van der Waals surface area contributed by atoms with Crippen molar-refractivity contribution >= 4 is 23.7 Å². The summed E-state index contributed by atoms with van der Waals surface area (Å²) in [4.78, 5) is 51.1. The molecule has 0 fully saturated rings. The van der Waals surface area contributed by atoms with Crippen molar-refractivity contribution in [1.82, 2.24) is 9.80 Å². The molecule has 1 aromatic rings. The Bertz CT molecular complexity index is 741. The van der Waals surface area contributed by atoms with E-state index in [0.29, 0.717) is 6.54 Å². The lowest BCUT2D eigenvalue weighted by Crippen LogP contribution is -2.38. The molecule has 2 rings (SSSR count).